The largest absolute Gasteiger partial charge is 0.327 e. The first-order chi connectivity index (χ1) is 7.63. The Balaban J connectivity index is 2.65. The summed E-state index contributed by atoms with van der Waals surface area (Å²) in [6.45, 7) is 5.12. The Morgan fingerprint density at radius 2 is 2.25 bits per heavy atom. The molecular weight excluding hydrogens is 335 g/mol. The van der Waals surface area contributed by atoms with Crippen LogP contribution in [0, 0.1) is 3.57 Å². The fourth-order valence-corrected chi connectivity index (χ4v) is 2.53. The minimum Gasteiger partial charge on any atom is -0.327 e. The second kappa shape index (κ2) is 4.92. The molecular formula is C12H14ClIN2. The van der Waals surface area contributed by atoms with Gasteiger partial charge in [-0.3, -0.25) is 0 Å². The minimum atomic E-state index is -0.0448. The maximum atomic E-state index is 6.17. The van der Waals surface area contributed by atoms with Gasteiger partial charge in [-0.15, -0.1) is 11.6 Å². The fraction of sp³-hybridized carbons (Fsp3) is 0.417. The van der Waals surface area contributed by atoms with Gasteiger partial charge in [0.2, 0.25) is 0 Å². The van der Waals surface area contributed by atoms with E-state index in [1.807, 2.05) is 6.92 Å². The Morgan fingerprint density at radius 1 is 1.50 bits per heavy atom. The molecule has 0 fully saturated rings. The third-order valence-corrected chi connectivity index (χ3v) is 3.41. The third kappa shape index (κ3) is 2.20. The summed E-state index contributed by atoms with van der Waals surface area (Å²) in [6, 6.07) is 6.34. The molecule has 2 aromatic rings. The van der Waals surface area contributed by atoms with Crippen molar-refractivity contribution in [2.75, 3.05) is 0 Å². The Kier molecular flexibility index (Phi) is 3.74. The molecule has 0 aliphatic rings. The van der Waals surface area contributed by atoms with Crippen LogP contribution >= 0.6 is 34.2 Å². The molecule has 1 atom stereocenters. The van der Waals surface area contributed by atoms with Crippen molar-refractivity contribution >= 4 is 45.2 Å². The summed E-state index contributed by atoms with van der Waals surface area (Å²) in [5, 5.41) is -0.0448. The molecule has 0 spiro atoms. The molecule has 86 valence electrons. The Hall–Kier alpha value is -0.290. The number of aryl methyl sites for hydroxylation is 1. The van der Waals surface area contributed by atoms with E-state index in [1.165, 1.54) is 9.09 Å². The highest BCUT2D eigenvalue weighted by Crippen LogP contribution is 2.25. The first-order valence-corrected chi connectivity index (χ1v) is 6.94. The van der Waals surface area contributed by atoms with Gasteiger partial charge < -0.3 is 4.57 Å². The monoisotopic (exact) mass is 348 g/mol. The Bertz CT molecular complexity index is 505. The van der Waals surface area contributed by atoms with E-state index in [0.29, 0.717) is 0 Å². The highest BCUT2D eigenvalue weighted by atomic mass is 127. The summed E-state index contributed by atoms with van der Waals surface area (Å²) in [4.78, 5) is 4.62. The molecule has 1 aromatic carbocycles. The molecule has 2 rings (SSSR count). The van der Waals surface area contributed by atoms with Gasteiger partial charge in [-0.25, -0.2) is 4.98 Å². The zero-order valence-corrected chi connectivity index (χ0v) is 12.3. The molecule has 0 aliphatic heterocycles. The van der Waals surface area contributed by atoms with Crippen molar-refractivity contribution in [1.82, 2.24) is 9.55 Å². The summed E-state index contributed by atoms with van der Waals surface area (Å²) in [5.41, 5.74) is 2.23. The average molecular weight is 349 g/mol. The van der Waals surface area contributed by atoms with Crippen molar-refractivity contribution in [2.45, 2.75) is 32.2 Å². The fourth-order valence-electron chi connectivity index (χ4n) is 1.88. The van der Waals surface area contributed by atoms with Gasteiger partial charge in [0.15, 0.2) is 0 Å². The first kappa shape index (κ1) is 12.2. The third-order valence-electron chi connectivity index (χ3n) is 2.54. The molecule has 0 radical (unpaired) electrons. The molecule has 0 saturated carbocycles. The molecule has 0 bridgehead atoms. The van der Waals surface area contributed by atoms with Gasteiger partial charge in [0.25, 0.3) is 0 Å². The molecule has 16 heavy (non-hydrogen) atoms. The smallest absolute Gasteiger partial charge is 0.127 e. The lowest BCUT2D eigenvalue weighted by atomic mass is 10.3. The van der Waals surface area contributed by atoms with Gasteiger partial charge in [0, 0.05) is 10.1 Å². The van der Waals surface area contributed by atoms with Gasteiger partial charge in [0.05, 0.1) is 16.4 Å². The van der Waals surface area contributed by atoms with Crippen LogP contribution < -0.4 is 0 Å². The number of nitrogens with zero attached hydrogens (tertiary/aromatic N) is 2. The van der Waals surface area contributed by atoms with Crippen LogP contribution in [0.2, 0.25) is 0 Å². The van der Waals surface area contributed by atoms with Crippen molar-refractivity contribution in [3.05, 3.63) is 27.6 Å². The molecule has 4 heteroatoms. The van der Waals surface area contributed by atoms with Crippen LogP contribution in [-0.2, 0) is 6.54 Å². The van der Waals surface area contributed by atoms with Crippen LogP contribution in [0.3, 0.4) is 0 Å². The maximum Gasteiger partial charge on any atom is 0.127 e. The molecule has 1 unspecified atom stereocenters. The highest BCUT2D eigenvalue weighted by molar-refractivity contribution is 14.1. The number of hydrogen-bond acceptors (Lipinski definition) is 1. The van der Waals surface area contributed by atoms with E-state index in [1.54, 1.807) is 0 Å². The highest BCUT2D eigenvalue weighted by Gasteiger charge is 2.14. The van der Waals surface area contributed by atoms with Crippen LogP contribution in [0.1, 0.15) is 31.5 Å². The second-order valence-corrected chi connectivity index (χ2v) is 5.77. The number of rotatable bonds is 3. The predicted molar refractivity (Wildman–Crippen MR) is 77.0 cm³/mol. The van der Waals surface area contributed by atoms with Gasteiger partial charge in [0.1, 0.15) is 5.82 Å². The van der Waals surface area contributed by atoms with Gasteiger partial charge in [-0.05, 0) is 54.1 Å². The van der Waals surface area contributed by atoms with Crippen molar-refractivity contribution in [3.63, 3.8) is 0 Å². The summed E-state index contributed by atoms with van der Waals surface area (Å²) in [7, 11) is 0. The van der Waals surface area contributed by atoms with E-state index in [0.717, 1.165) is 24.3 Å². The summed E-state index contributed by atoms with van der Waals surface area (Å²) < 4.78 is 3.43. The molecule has 2 nitrogen and oxygen atoms in total. The Labute approximate surface area is 114 Å². The summed E-state index contributed by atoms with van der Waals surface area (Å²) in [6.07, 6.45) is 1.09. The summed E-state index contributed by atoms with van der Waals surface area (Å²) in [5.74, 6) is 0.973. The number of halogens is 2. The van der Waals surface area contributed by atoms with E-state index < -0.39 is 0 Å². The van der Waals surface area contributed by atoms with Crippen molar-refractivity contribution in [1.29, 1.82) is 0 Å². The lowest BCUT2D eigenvalue weighted by Gasteiger charge is -2.08. The summed E-state index contributed by atoms with van der Waals surface area (Å²) >= 11 is 8.48. The topological polar surface area (TPSA) is 17.8 Å². The first-order valence-electron chi connectivity index (χ1n) is 5.43. The number of aromatic nitrogens is 2. The standard InChI is InChI=1S/C12H14ClIN2/c1-3-6-16-11-5-4-9(14)7-10(11)15-12(16)8(2)13/h4-5,7-8H,3,6H2,1-2H3. The molecule has 0 amide bonds. The maximum absolute atomic E-state index is 6.17. The lowest BCUT2D eigenvalue weighted by Crippen LogP contribution is -2.03. The van der Waals surface area contributed by atoms with Crippen molar-refractivity contribution in [3.8, 4) is 0 Å². The van der Waals surface area contributed by atoms with Crippen LogP contribution in [0.15, 0.2) is 18.2 Å². The van der Waals surface area contributed by atoms with Gasteiger partial charge in [-0.1, -0.05) is 6.92 Å². The Morgan fingerprint density at radius 3 is 2.88 bits per heavy atom. The van der Waals surface area contributed by atoms with Crippen LogP contribution in [-0.4, -0.2) is 9.55 Å². The zero-order valence-electron chi connectivity index (χ0n) is 9.37. The predicted octanol–water partition coefficient (Wildman–Crippen LogP) is 4.35. The van der Waals surface area contributed by atoms with E-state index in [-0.39, 0.29) is 5.38 Å². The number of imidazole rings is 1. The molecule has 1 aromatic heterocycles. The zero-order chi connectivity index (χ0) is 11.7. The second-order valence-electron chi connectivity index (χ2n) is 3.87. The van der Waals surface area contributed by atoms with E-state index in [2.05, 4.69) is 57.3 Å². The number of fused-ring (bicyclic) bond motifs is 1. The van der Waals surface area contributed by atoms with Crippen LogP contribution in [0.5, 0.6) is 0 Å². The van der Waals surface area contributed by atoms with E-state index in [4.69, 9.17) is 11.6 Å². The number of alkyl halides is 1. The molecule has 0 aliphatic carbocycles. The SMILES string of the molecule is CCCn1c(C(C)Cl)nc2cc(I)ccc21. The van der Waals surface area contributed by atoms with Crippen LogP contribution in [0.4, 0.5) is 0 Å². The lowest BCUT2D eigenvalue weighted by molar-refractivity contribution is 0.654. The van der Waals surface area contributed by atoms with Crippen molar-refractivity contribution < 1.29 is 0 Å². The number of hydrogen-bond donors (Lipinski definition) is 0. The van der Waals surface area contributed by atoms with Gasteiger partial charge >= 0.3 is 0 Å². The molecule has 0 saturated heterocycles. The minimum absolute atomic E-state index is 0.0448. The molecule has 0 N–H and O–H groups in total. The van der Waals surface area contributed by atoms with Crippen molar-refractivity contribution in [2.24, 2.45) is 0 Å². The molecule has 1 heterocycles. The normalized spacial score (nSPS) is 13.2. The van der Waals surface area contributed by atoms with E-state index in [9.17, 15) is 0 Å². The van der Waals surface area contributed by atoms with E-state index >= 15 is 0 Å². The van der Waals surface area contributed by atoms with Gasteiger partial charge in [-0.2, -0.15) is 0 Å². The average Bonchev–Trinajstić information content (AvgIpc) is 2.57. The van der Waals surface area contributed by atoms with Crippen LogP contribution in [0.25, 0.3) is 11.0 Å². The quantitative estimate of drug-likeness (QED) is 0.595. The number of benzene rings is 1.